The molecule has 0 saturated carbocycles. The van der Waals surface area contributed by atoms with Crippen LogP contribution in [0, 0.1) is 0 Å². The summed E-state index contributed by atoms with van der Waals surface area (Å²) in [5.41, 5.74) is -0.0104. The maximum atomic E-state index is 11.1. The molecule has 0 radical (unpaired) electrons. The molecular weight excluding hydrogens is 296 g/mol. The summed E-state index contributed by atoms with van der Waals surface area (Å²) in [7, 11) is 1.34. The van der Waals surface area contributed by atoms with Gasteiger partial charge in [0.1, 0.15) is 6.10 Å². The molecule has 0 saturated heterocycles. The van der Waals surface area contributed by atoms with Crippen LogP contribution in [0.4, 0.5) is 0 Å². The second kappa shape index (κ2) is 8.02. The van der Waals surface area contributed by atoms with E-state index in [0.717, 1.165) is 11.8 Å². The first-order valence-electron chi connectivity index (χ1n) is 6.26. The van der Waals surface area contributed by atoms with Crippen LogP contribution in [0.25, 0.3) is 0 Å². The van der Waals surface area contributed by atoms with Gasteiger partial charge in [-0.3, -0.25) is 9.59 Å². The van der Waals surface area contributed by atoms with Gasteiger partial charge in [-0.2, -0.15) is 0 Å². The first-order valence-corrected chi connectivity index (χ1v) is 7.25. The lowest BCUT2D eigenvalue weighted by Gasteiger charge is -2.20. The number of phenolic OH excluding ortho intramolecular Hbond substituents is 1. The van der Waals surface area contributed by atoms with Crippen LogP contribution in [-0.4, -0.2) is 45.7 Å². The minimum absolute atomic E-state index is 0.0765. The highest BCUT2D eigenvalue weighted by atomic mass is 32.2. The molecule has 0 aliphatic carbocycles. The van der Waals surface area contributed by atoms with E-state index in [4.69, 9.17) is 4.74 Å². The van der Waals surface area contributed by atoms with E-state index in [2.05, 4.69) is 0 Å². The number of carbonyl (C=O) groups excluding carboxylic acids is 2. The van der Waals surface area contributed by atoms with E-state index in [1.165, 1.54) is 26.2 Å². The molecule has 0 bridgehead atoms. The van der Waals surface area contributed by atoms with Crippen LogP contribution < -0.4 is 4.74 Å². The monoisotopic (exact) mass is 314 g/mol. The van der Waals surface area contributed by atoms with Gasteiger partial charge in [0.05, 0.1) is 18.8 Å². The van der Waals surface area contributed by atoms with Crippen molar-refractivity contribution in [1.29, 1.82) is 0 Å². The van der Waals surface area contributed by atoms with Crippen molar-refractivity contribution < 1.29 is 29.6 Å². The predicted octanol–water partition coefficient (Wildman–Crippen LogP) is 1.28. The van der Waals surface area contributed by atoms with Crippen LogP contribution in [0.5, 0.6) is 11.5 Å². The third-order valence-corrected chi connectivity index (χ3v) is 3.80. The Morgan fingerprint density at radius 3 is 2.62 bits per heavy atom. The highest BCUT2D eigenvalue weighted by Gasteiger charge is 2.24. The molecule has 1 aromatic carbocycles. The van der Waals surface area contributed by atoms with Crippen molar-refractivity contribution in [3.8, 4) is 11.5 Å². The zero-order chi connectivity index (χ0) is 16.0. The smallest absolute Gasteiger partial charge is 0.185 e. The van der Waals surface area contributed by atoms with Crippen molar-refractivity contribution in [2.75, 3.05) is 12.9 Å². The van der Waals surface area contributed by atoms with E-state index < -0.39 is 12.2 Å². The zero-order valence-electron chi connectivity index (χ0n) is 11.8. The van der Waals surface area contributed by atoms with Gasteiger partial charge in [0.15, 0.2) is 22.9 Å². The first kappa shape index (κ1) is 17.5. The SMILES string of the molecule is COc1ccc(C(O)C(O)CCSC(C)=O)c(C=O)c1O. The van der Waals surface area contributed by atoms with Crippen molar-refractivity contribution in [1.82, 2.24) is 0 Å². The summed E-state index contributed by atoms with van der Waals surface area (Å²) < 4.78 is 4.88. The van der Waals surface area contributed by atoms with Gasteiger partial charge < -0.3 is 20.1 Å². The molecule has 0 heterocycles. The zero-order valence-corrected chi connectivity index (χ0v) is 12.6. The van der Waals surface area contributed by atoms with E-state index in [9.17, 15) is 24.9 Å². The highest BCUT2D eigenvalue weighted by molar-refractivity contribution is 8.13. The Bertz CT molecular complexity index is 516. The second-order valence-electron chi connectivity index (χ2n) is 4.38. The summed E-state index contributed by atoms with van der Waals surface area (Å²) in [6.07, 6.45) is -1.91. The van der Waals surface area contributed by atoms with Crippen LogP contribution >= 0.6 is 11.8 Å². The van der Waals surface area contributed by atoms with Crippen LogP contribution in [-0.2, 0) is 4.79 Å². The van der Waals surface area contributed by atoms with Crippen LogP contribution in [0.15, 0.2) is 12.1 Å². The highest BCUT2D eigenvalue weighted by Crippen LogP contribution is 2.35. The van der Waals surface area contributed by atoms with Gasteiger partial charge in [-0.25, -0.2) is 0 Å². The van der Waals surface area contributed by atoms with Crippen molar-refractivity contribution in [3.63, 3.8) is 0 Å². The minimum atomic E-state index is -1.34. The average Bonchev–Trinajstić information content (AvgIpc) is 2.45. The lowest BCUT2D eigenvalue weighted by Crippen LogP contribution is -2.20. The number of benzene rings is 1. The van der Waals surface area contributed by atoms with Crippen LogP contribution in [0.2, 0.25) is 0 Å². The van der Waals surface area contributed by atoms with Crippen molar-refractivity contribution in [2.24, 2.45) is 0 Å². The standard InChI is InChI=1S/C14H18O6S/c1-8(16)21-6-5-11(17)13(18)9-3-4-12(20-2)14(19)10(9)7-15/h3-4,7,11,13,17-19H,5-6H2,1-2H3. The molecular formula is C14H18O6S. The predicted molar refractivity (Wildman–Crippen MR) is 78.8 cm³/mol. The Hall–Kier alpha value is -1.57. The number of thioether (sulfide) groups is 1. The molecule has 6 nitrogen and oxygen atoms in total. The van der Waals surface area contributed by atoms with Crippen molar-refractivity contribution in [2.45, 2.75) is 25.6 Å². The molecule has 0 fully saturated rings. The summed E-state index contributed by atoms with van der Waals surface area (Å²) in [5, 5.41) is 29.8. The number of ether oxygens (including phenoxy) is 1. The lowest BCUT2D eigenvalue weighted by atomic mass is 9.97. The summed E-state index contributed by atoms with van der Waals surface area (Å²) in [6, 6.07) is 2.81. The van der Waals surface area contributed by atoms with Crippen LogP contribution in [0.3, 0.4) is 0 Å². The number of aliphatic hydroxyl groups is 2. The van der Waals surface area contributed by atoms with Gasteiger partial charge in [-0.1, -0.05) is 17.8 Å². The fourth-order valence-electron chi connectivity index (χ4n) is 1.84. The maximum Gasteiger partial charge on any atom is 0.185 e. The van der Waals surface area contributed by atoms with E-state index in [0.29, 0.717) is 12.0 Å². The number of aromatic hydroxyl groups is 1. The first-order chi connectivity index (χ1) is 9.92. The molecule has 1 aromatic rings. The Kier molecular flexibility index (Phi) is 6.67. The molecule has 1 rings (SSSR count). The molecule has 0 aliphatic rings. The molecule has 0 aliphatic heterocycles. The average molecular weight is 314 g/mol. The molecule has 0 aromatic heterocycles. The molecule has 116 valence electrons. The fraction of sp³-hybridized carbons (Fsp3) is 0.429. The Balaban J connectivity index is 2.91. The van der Waals surface area contributed by atoms with E-state index in [1.54, 1.807) is 0 Å². The quantitative estimate of drug-likeness (QED) is 0.651. The summed E-state index contributed by atoms with van der Waals surface area (Å²) in [6.45, 7) is 1.42. The Labute approximate surface area is 126 Å². The van der Waals surface area contributed by atoms with Gasteiger partial charge in [0.25, 0.3) is 0 Å². The number of aldehydes is 1. The Morgan fingerprint density at radius 2 is 2.10 bits per heavy atom. The summed E-state index contributed by atoms with van der Waals surface area (Å²) >= 11 is 1.04. The topological polar surface area (TPSA) is 104 Å². The third-order valence-electron chi connectivity index (χ3n) is 2.95. The fourth-order valence-corrected chi connectivity index (χ4v) is 2.49. The van der Waals surface area contributed by atoms with Gasteiger partial charge in [-0.05, 0) is 18.1 Å². The van der Waals surface area contributed by atoms with Gasteiger partial charge >= 0.3 is 0 Å². The molecule has 0 amide bonds. The largest absolute Gasteiger partial charge is 0.504 e. The summed E-state index contributed by atoms with van der Waals surface area (Å²) in [4.78, 5) is 21.9. The maximum absolute atomic E-state index is 11.1. The van der Waals surface area contributed by atoms with E-state index >= 15 is 0 Å². The summed E-state index contributed by atoms with van der Waals surface area (Å²) in [5.74, 6) is 0.0793. The molecule has 7 heteroatoms. The molecule has 0 spiro atoms. The van der Waals surface area contributed by atoms with Crippen molar-refractivity contribution in [3.05, 3.63) is 23.3 Å². The number of hydrogen-bond donors (Lipinski definition) is 3. The van der Waals surface area contributed by atoms with Crippen molar-refractivity contribution >= 4 is 23.2 Å². The molecule has 3 N–H and O–H groups in total. The number of methoxy groups -OCH3 is 1. The number of carbonyl (C=O) groups is 2. The number of aliphatic hydroxyl groups excluding tert-OH is 2. The normalized spacial score (nSPS) is 13.5. The third kappa shape index (κ3) is 4.45. The van der Waals surface area contributed by atoms with Gasteiger partial charge in [0.2, 0.25) is 0 Å². The minimum Gasteiger partial charge on any atom is -0.504 e. The van der Waals surface area contributed by atoms with Crippen LogP contribution in [0.1, 0.15) is 35.4 Å². The van der Waals surface area contributed by atoms with E-state index in [-0.39, 0.29) is 34.2 Å². The molecule has 2 unspecified atom stereocenters. The van der Waals surface area contributed by atoms with Gasteiger partial charge in [0, 0.05) is 12.7 Å². The molecule has 2 atom stereocenters. The van der Waals surface area contributed by atoms with Gasteiger partial charge in [-0.15, -0.1) is 0 Å². The number of phenols is 1. The second-order valence-corrected chi connectivity index (χ2v) is 5.65. The lowest BCUT2D eigenvalue weighted by molar-refractivity contribution is -0.109. The number of rotatable bonds is 7. The van der Waals surface area contributed by atoms with E-state index in [1.807, 2.05) is 0 Å². The Morgan fingerprint density at radius 1 is 1.43 bits per heavy atom. The molecule has 21 heavy (non-hydrogen) atoms. The number of hydrogen-bond acceptors (Lipinski definition) is 7.